The predicted octanol–water partition coefficient (Wildman–Crippen LogP) is 16.0. The maximum Gasteiger partial charge on any atom is 0.192 e. The fourth-order valence-corrected chi connectivity index (χ4v) is 18.1. The molecular formula is C92H100O20SSi. The van der Waals surface area contributed by atoms with E-state index in [1.807, 2.05) is 273 Å². The molecule has 22 heteroatoms. The Labute approximate surface area is 672 Å². The number of fused-ring (bicyclic) bond motifs is 4. The smallest absolute Gasteiger partial charge is 0.192 e. The van der Waals surface area contributed by atoms with Crippen molar-refractivity contribution >= 4 is 20.1 Å². The monoisotopic (exact) mass is 1580 g/mol. The van der Waals surface area contributed by atoms with Gasteiger partial charge in [0.25, 0.3) is 0 Å². The van der Waals surface area contributed by atoms with Crippen LogP contribution in [0.3, 0.4) is 0 Å². The molecule has 8 fully saturated rings. The van der Waals surface area contributed by atoms with Crippen LogP contribution in [0.25, 0.3) is 0 Å². The summed E-state index contributed by atoms with van der Waals surface area (Å²) in [5, 5.41) is -0.332. The second-order valence-electron chi connectivity index (χ2n) is 31.5. The molecule has 0 N–H and O–H groups in total. The summed E-state index contributed by atoms with van der Waals surface area (Å²) in [4.78, 5) is 0.916. The summed E-state index contributed by atoms with van der Waals surface area (Å²) in [6.45, 7) is 12.1. The Morgan fingerprint density at radius 3 is 0.860 bits per heavy atom. The van der Waals surface area contributed by atoms with Crippen molar-refractivity contribution in [3.05, 3.63) is 317 Å². The van der Waals surface area contributed by atoms with Gasteiger partial charge in [0.05, 0.1) is 52.9 Å². The maximum atomic E-state index is 8.12. The molecule has 9 aromatic rings. The lowest BCUT2D eigenvalue weighted by atomic mass is 9.94. The zero-order valence-electron chi connectivity index (χ0n) is 64.6. The normalized spacial score (nSPS) is 33.0. The standard InChI is InChI=1S/C92H100O20SSi/c1-92(2,3)114(4,5)112-82-78(95-53-61-37-19-8-20-38-61)74-70(57-99-86(107-74)65-45-27-12-28-46-65)103-90(82)110-80-76(93-51-59-33-15-6-16-34-59)72-68(55-97-84(105-72)63-41-23-10-24-42-63)101-88(80)109-81-77(94-52-60-35-17-7-18-36-60)73-69(56-98-85(106-73)64-43-25-11-26-44-64)102-89(81)111-83-79(96-54-62-39-21-9-22-40-62)75-71(104-91(83)113-67-49-31-14-32-50-67)58-100-87(108-75)66-47-29-13-30-48-66/h6-50,68-91H,51-58H2,1-5H3/t68-,69-,70-,71-,72-,73-,74-,75-,76+,77+,78+,79+,80+,81+,82+,83+,84?,85?,86?,87?,88+,89+,90+,91-/m1/s1. The summed E-state index contributed by atoms with van der Waals surface area (Å²) in [6.07, 6.45) is -22.1. The highest BCUT2D eigenvalue weighted by atomic mass is 32.2. The molecule has 598 valence electrons. The Morgan fingerprint density at radius 1 is 0.298 bits per heavy atom. The number of hydrogen-bond donors (Lipinski definition) is 0. The zero-order chi connectivity index (χ0) is 77.4. The van der Waals surface area contributed by atoms with Gasteiger partial charge in [0.2, 0.25) is 0 Å². The number of rotatable bonds is 26. The minimum atomic E-state index is -2.88. The van der Waals surface area contributed by atoms with Gasteiger partial charge in [-0.25, -0.2) is 0 Å². The Bertz CT molecular complexity index is 4410. The average Bonchev–Trinajstić information content (AvgIpc) is 0.742. The second kappa shape index (κ2) is 36.7. The van der Waals surface area contributed by atoms with E-state index in [2.05, 4.69) is 33.9 Å². The lowest BCUT2D eigenvalue weighted by molar-refractivity contribution is -0.434. The van der Waals surface area contributed by atoms with Crippen molar-refractivity contribution in [1.82, 2.24) is 0 Å². The van der Waals surface area contributed by atoms with Crippen LogP contribution < -0.4 is 0 Å². The van der Waals surface area contributed by atoms with Crippen molar-refractivity contribution < 1.29 is 94.4 Å². The van der Waals surface area contributed by atoms with Crippen LogP contribution in [0.5, 0.6) is 0 Å². The van der Waals surface area contributed by atoms with E-state index in [9.17, 15) is 0 Å². The molecule has 8 saturated heterocycles. The first-order valence-electron chi connectivity index (χ1n) is 39.7. The van der Waals surface area contributed by atoms with Gasteiger partial charge in [0.15, 0.2) is 52.3 Å². The first kappa shape index (κ1) is 79.2. The first-order chi connectivity index (χ1) is 55.9. The molecule has 8 heterocycles. The lowest BCUT2D eigenvalue weighted by Crippen LogP contribution is -2.70. The van der Waals surface area contributed by atoms with Gasteiger partial charge in [-0.15, -0.1) is 0 Å². The van der Waals surface area contributed by atoms with Crippen LogP contribution in [0, 0.1) is 0 Å². The summed E-state index contributed by atoms with van der Waals surface area (Å²) >= 11 is 1.50. The Hall–Kier alpha value is -7.25. The Kier molecular flexibility index (Phi) is 25.5. The van der Waals surface area contributed by atoms with E-state index in [-0.39, 0.29) is 57.9 Å². The minimum absolute atomic E-state index is 0.0445. The summed E-state index contributed by atoms with van der Waals surface area (Å²) in [6, 6.07) is 89.8. The quantitative estimate of drug-likeness (QED) is 0.0466. The predicted molar refractivity (Wildman–Crippen MR) is 424 cm³/mol. The largest absolute Gasteiger partial charge is 0.406 e. The molecule has 8 aliphatic rings. The van der Waals surface area contributed by atoms with Gasteiger partial charge in [0, 0.05) is 27.1 Å². The molecule has 0 bridgehead atoms. The van der Waals surface area contributed by atoms with Crippen LogP contribution in [0.15, 0.2) is 278 Å². The van der Waals surface area contributed by atoms with Gasteiger partial charge >= 0.3 is 0 Å². The van der Waals surface area contributed by atoms with Crippen LogP contribution in [0.4, 0.5) is 0 Å². The summed E-state index contributed by atoms with van der Waals surface area (Å²) in [7, 11) is -2.88. The van der Waals surface area contributed by atoms with Crippen molar-refractivity contribution in [2.24, 2.45) is 0 Å². The van der Waals surface area contributed by atoms with Crippen LogP contribution in [-0.2, 0) is 121 Å². The number of ether oxygens (including phenoxy) is 19. The van der Waals surface area contributed by atoms with Crippen molar-refractivity contribution in [3.63, 3.8) is 0 Å². The third-order valence-corrected chi connectivity index (χ3v) is 28.3. The minimum Gasteiger partial charge on any atom is -0.406 e. The molecule has 0 radical (unpaired) electrons. The van der Waals surface area contributed by atoms with E-state index in [0.29, 0.717) is 0 Å². The highest BCUT2D eigenvalue weighted by molar-refractivity contribution is 7.99. The van der Waals surface area contributed by atoms with Crippen molar-refractivity contribution in [3.8, 4) is 0 Å². The molecule has 8 aliphatic heterocycles. The molecule has 0 spiro atoms. The fraction of sp³-hybridized carbons (Fsp3) is 0.413. The van der Waals surface area contributed by atoms with Crippen LogP contribution in [0.2, 0.25) is 18.1 Å². The van der Waals surface area contributed by atoms with E-state index >= 15 is 0 Å². The summed E-state index contributed by atoms with van der Waals surface area (Å²) in [5.74, 6) is 0. The molecule has 17 rings (SSSR count). The highest BCUT2D eigenvalue weighted by Crippen LogP contribution is 2.49. The van der Waals surface area contributed by atoms with Gasteiger partial charge < -0.3 is 94.4 Å². The van der Waals surface area contributed by atoms with Gasteiger partial charge in [-0.05, 0) is 52.5 Å². The lowest BCUT2D eigenvalue weighted by Gasteiger charge is -2.55. The molecule has 0 aromatic heterocycles. The third-order valence-electron chi connectivity index (χ3n) is 22.7. The van der Waals surface area contributed by atoms with E-state index < -0.39 is 155 Å². The fourth-order valence-electron chi connectivity index (χ4n) is 15.7. The maximum absolute atomic E-state index is 8.12. The SMILES string of the molecule is CC(C)(C)[Si](C)(C)O[C@@H]1[C@H](O[C@@H]2[C@H](O[C@@H]3[C@H](O[C@H]4[C@@H](OCc5ccccc5)[C@@H]5OC(c6ccccc6)OC[C@H]5O[C@@H]4Sc4ccccc4)O[C@@H]4COC(c5ccccc5)O[C@H]4[C@@H]3OCc3ccccc3)O[C@@H]3COC(c4ccccc4)O[C@H]3[C@@H]2OCc2ccccc2)O[C@@H]2COC(c3ccccc3)O[C@H]2[C@@H]1OCc1ccccc1. The van der Waals surface area contributed by atoms with Crippen molar-refractivity contribution in [2.75, 3.05) is 26.4 Å². The molecule has 114 heavy (non-hydrogen) atoms. The van der Waals surface area contributed by atoms with E-state index in [4.69, 9.17) is 94.4 Å². The zero-order valence-corrected chi connectivity index (χ0v) is 66.4. The third kappa shape index (κ3) is 18.5. The molecule has 0 amide bonds. The number of hydrogen-bond acceptors (Lipinski definition) is 21. The van der Waals surface area contributed by atoms with E-state index in [0.717, 1.165) is 49.4 Å². The second-order valence-corrected chi connectivity index (χ2v) is 37.4. The van der Waals surface area contributed by atoms with Gasteiger partial charge in [-0.3, -0.25) is 0 Å². The van der Waals surface area contributed by atoms with E-state index in [1.165, 1.54) is 11.8 Å². The van der Waals surface area contributed by atoms with Crippen LogP contribution in [0.1, 0.15) is 90.4 Å². The Balaban J connectivity index is 0.818. The van der Waals surface area contributed by atoms with Crippen LogP contribution in [-0.4, -0.2) is 157 Å². The first-order valence-corrected chi connectivity index (χ1v) is 43.5. The Morgan fingerprint density at radius 2 is 0.553 bits per heavy atom. The molecule has 20 nitrogen and oxygen atoms in total. The number of benzene rings is 9. The molecular weight excluding hydrogens is 1490 g/mol. The van der Waals surface area contributed by atoms with Gasteiger partial charge in [-0.2, -0.15) is 0 Å². The highest BCUT2D eigenvalue weighted by Gasteiger charge is 2.62. The van der Waals surface area contributed by atoms with E-state index in [1.54, 1.807) is 0 Å². The van der Waals surface area contributed by atoms with Crippen molar-refractivity contribution in [2.45, 2.75) is 217 Å². The van der Waals surface area contributed by atoms with Crippen molar-refractivity contribution in [1.29, 1.82) is 0 Å². The summed E-state index contributed by atoms with van der Waals surface area (Å²) in [5.41, 5.74) is 6.15. The molecule has 24 atom stereocenters. The average molecular weight is 1590 g/mol. The molecule has 9 aromatic carbocycles. The summed E-state index contributed by atoms with van der Waals surface area (Å²) < 4.78 is 148. The van der Waals surface area contributed by atoms with Crippen LogP contribution >= 0.6 is 11.8 Å². The molecule has 0 saturated carbocycles. The van der Waals surface area contributed by atoms with Gasteiger partial charge in [-0.1, -0.05) is 293 Å². The number of thioether (sulfide) groups is 1. The molecule has 0 aliphatic carbocycles. The molecule has 4 unspecified atom stereocenters. The van der Waals surface area contributed by atoms with Gasteiger partial charge in [0.1, 0.15) is 103 Å². The topological polar surface area (TPSA) is 185 Å².